The van der Waals surface area contributed by atoms with Gasteiger partial charge in [-0.2, -0.15) is 22.0 Å². The fraction of sp³-hybridized carbons (Fsp3) is 0.400. The first-order valence-corrected chi connectivity index (χ1v) is 5.27. The van der Waals surface area contributed by atoms with Crippen molar-refractivity contribution in [1.29, 1.82) is 0 Å². The molecular formula is C10H7ClF5NO2. The number of hydrogen-bond donors (Lipinski definition) is 1. The maximum Gasteiger partial charge on any atom is 0.418 e. The van der Waals surface area contributed by atoms with Crippen molar-refractivity contribution >= 4 is 17.6 Å². The second kappa shape index (κ2) is 4.92. The van der Waals surface area contributed by atoms with Crippen molar-refractivity contribution in [3.63, 3.8) is 0 Å². The lowest BCUT2D eigenvalue weighted by molar-refractivity contribution is -0.166. The minimum Gasteiger partial charge on any atom is -0.476 e. The zero-order valence-electron chi connectivity index (χ0n) is 9.35. The van der Waals surface area contributed by atoms with Crippen molar-refractivity contribution in [3.05, 3.63) is 28.0 Å². The Morgan fingerprint density at radius 2 is 1.89 bits per heavy atom. The molecule has 1 heterocycles. The predicted octanol–water partition coefficient (Wildman–Crippen LogP) is 3.49. The SMILES string of the molecule is CCc1c(C(F)(F)F)cnc(C(F)(F)C(=O)O)c1Cl. The number of carboxylic acid groups (broad SMARTS) is 1. The lowest BCUT2D eigenvalue weighted by Crippen LogP contribution is -2.28. The van der Waals surface area contributed by atoms with Crippen LogP contribution in [0.1, 0.15) is 23.7 Å². The van der Waals surface area contributed by atoms with Gasteiger partial charge in [0.15, 0.2) is 0 Å². The van der Waals surface area contributed by atoms with E-state index in [-0.39, 0.29) is 12.6 Å². The quantitative estimate of drug-likeness (QED) is 0.870. The van der Waals surface area contributed by atoms with Crippen LogP contribution in [0.15, 0.2) is 6.20 Å². The van der Waals surface area contributed by atoms with Gasteiger partial charge in [-0.25, -0.2) is 4.79 Å². The zero-order chi connectivity index (χ0) is 15.0. The smallest absolute Gasteiger partial charge is 0.418 e. The van der Waals surface area contributed by atoms with Gasteiger partial charge in [0, 0.05) is 6.20 Å². The summed E-state index contributed by atoms with van der Waals surface area (Å²) in [7, 11) is 0. The fourth-order valence-electron chi connectivity index (χ4n) is 1.43. The molecule has 0 aliphatic carbocycles. The van der Waals surface area contributed by atoms with Gasteiger partial charge in [0.25, 0.3) is 0 Å². The van der Waals surface area contributed by atoms with Gasteiger partial charge in [0.1, 0.15) is 5.69 Å². The average molecular weight is 304 g/mol. The topological polar surface area (TPSA) is 50.2 Å². The number of rotatable bonds is 3. The third kappa shape index (κ3) is 2.78. The summed E-state index contributed by atoms with van der Waals surface area (Å²) >= 11 is 5.44. The molecule has 0 radical (unpaired) electrons. The van der Waals surface area contributed by atoms with E-state index in [4.69, 9.17) is 16.7 Å². The minimum absolute atomic E-state index is 0.164. The number of pyridine rings is 1. The third-order valence-corrected chi connectivity index (χ3v) is 2.75. The summed E-state index contributed by atoms with van der Waals surface area (Å²) in [5.41, 5.74) is -3.27. The van der Waals surface area contributed by atoms with E-state index >= 15 is 0 Å². The Balaban J connectivity index is 3.55. The van der Waals surface area contributed by atoms with Gasteiger partial charge in [-0.15, -0.1) is 0 Å². The molecule has 0 unspecified atom stereocenters. The minimum atomic E-state index is -4.81. The number of hydrogen-bond acceptors (Lipinski definition) is 2. The van der Waals surface area contributed by atoms with Crippen LogP contribution in [0, 0.1) is 0 Å². The number of alkyl halides is 5. The second-order valence-electron chi connectivity index (χ2n) is 3.54. The highest BCUT2D eigenvalue weighted by atomic mass is 35.5. The molecule has 19 heavy (non-hydrogen) atoms. The molecule has 0 fully saturated rings. The lowest BCUT2D eigenvalue weighted by atomic mass is 10.0. The first-order chi connectivity index (χ1) is 8.53. The number of carbonyl (C=O) groups is 1. The van der Waals surface area contributed by atoms with E-state index in [1.165, 1.54) is 6.92 Å². The van der Waals surface area contributed by atoms with E-state index in [1.54, 1.807) is 0 Å². The molecule has 0 saturated carbocycles. The van der Waals surface area contributed by atoms with Crippen molar-refractivity contribution in [2.24, 2.45) is 0 Å². The first kappa shape index (κ1) is 15.6. The molecule has 0 bridgehead atoms. The largest absolute Gasteiger partial charge is 0.476 e. The van der Waals surface area contributed by atoms with Crippen LogP contribution in [0.25, 0.3) is 0 Å². The zero-order valence-corrected chi connectivity index (χ0v) is 10.1. The molecule has 1 rings (SSSR count). The molecule has 1 N–H and O–H groups in total. The van der Waals surface area contributed by atoms with Crippen LogP contribution in [0.3, 0.4) is 0 Å². The van der Waals surface area contributed by atoms with E-state index in [0.29, 0.717) is 0 Å². The first-order valence-electron chi connectivity index (χ1n) is 4.89. The van der Waals surface area contributed by atoms with Crippen LogP contribution in [-0.2, 0) is 23.3 Å². The number of halogens is 6. The normalized spacial score (nSPS) is 12.6. The third-order valence-electron chi connectivity index (χ3n) is 2.35. The molecule has 0 atom stereocenters. The molecular weight excluding hydrogens is 297 g/mol. The summed E-state index contributed by atoms with van der Waals surface area (Å²) in [5, 5.41) is 7.36. The molecule has 3 nitrogen and oxygen atoms in total. The molecule has 0 aliphatic heterocycles. The van der Waals surface area contributed by atoms with E-state index in [0.717, 1.165) is 0 Å². The standard InChI is InChI=1S/C10H7ClF5NO2/c1-2-4-5(10(14,15)16)3-17-7(6(4)11)9(12,13)8(18)19/h3H,2H2,1H3,(H,18,19). The van der Waals surface area contributed by atoms with Gasteiger partial charge in [0.05, 0.1) is 10.6 Å². The number of nitrogens with zero attached hydrogens (tertiary/aromatic N) is 1. The Labute approximate surface area is 109 Å². The summed E-state index contributed by atoms with van der Waals surface area (Å²) in [5.74, 6) is -6.99. The molecule has 106 valence electrons. The Kier molecular flexibility index (Phi) is 4.04. The van der Waals surface area contributed by atoms with Crippen LogP contribution in [-0.4, -0.2) is 16.1 Å². The highest BCUT2D eigenvalue weighted by Crippen LogP contribution is 2.40. The Hall–Kier alpha value is -1.44. The van der Waals surface area contributed by atoms with Gasteiger partial charge in [-0.1, -0.05) is 18.5 Å². The van der Waals surface area contributed by atoms with Crippen molar-refractivity contribution in [3.8, 4) is 0 Å². The maximum atomic E-state index is 13.3. The van der Waals surface area contributed by atoms with Gasteiger partial charge in [-0.3, -0.25) is 4.98 Å². The molecule has 0 amide bonds. The number of carboxylic acids is 1. The summed E-state index contributed by atoms with van der Waals surface area (Å²) in [6, 6.07) is 0. The molecule has 0 saturated heterocycles. The lowest BCUT2D eigenvalue weighted by Gasteiger charge is -2.18. The molecule has 0 aromatic carbocycles. The van der Waals surface area contributed by atoms with Crippen LogP contribution in [0.5, 0.6) is 0 Å². The van der Waals surface area contributed by atoms with Crippen LogP contribution in [0.4, 0.5) is 22.0 Å². The van der Waals surface area contributed by atoms with E-state index in [2.05, 4.69) is 4.98 Å². The molecule has 1 aromatic heterocycles. The van der Waals surface area contributed by atoms with E-state index in [1.807, 2.05) is 0 Å². The van der Waals surface area contributed by atoms with Gasteiger partial charge in [0.2, 0.25) is 0 Å². The van der Waals surface area contributed by atoms with Crippen molar-refractivity contribution in [1.82, 2.24) is 4.98 Å². The van der Waals surface area contributed by atoms with Crippen LogP contribution in [0.2, 0.25) is 5.02 Å². The second-order valence-corrected chi connectivity index (χ2v) is 3.92. The Morgan fingerprint density at radius 3 is 2.26 bits per heavy atom. The molecule has 0 spiro atoms. The number of aliphatic carboxylic acids is 1. The Bertz CT molecular complexity index is 515. The summed E-state index contributed by atoms with van der Waals surface area (Å²) in [6.07, 6.45) is -4.94. The van der Waals surface area contributed by atoms with Gasteiger partial charge < -0.3 is 5.11 Å². The van der Waals surface area contributed by atoms with Crippen molar-refractivity contribution in [2.75, 3.05) is 0 Å². The van der Waals surface area contributed by atoms with Crippen LogP contribution < -0.4 is 0 Å². The van der Waals surface area contributed by atoms with Crippen molar-refractivity contribution < 1.29 is 31.9 Å². The molecule has 0 aliphatic rings. The van der Waals surface area contributed by atoms with E-state index < -0.39 is 39.9 Å². The fourth-order valence-corrected chi connectivity index (χ4v) is 1.84. The number of aromatic nitrogens is 1. The summed E-state index contributed by atoms with van der Waals surface area (Å²) < 4.78 is 64.3. The molecule has 1 aromatic rings. The molecule has 9 heteroatoms. The summed E-state index contributed by atoms with van der Waals surface area (Å²) in [6.45, 7) is 1.28. The summed E-state index contributed by atoms with van der Waals surface area (Å²) in [4.78, 5) is 13.2. The highest BCUT2D eigenvalue weighted by molar-refractivity contribution is 6.32. The van der Waals surface area contributed by atoms with E-state index in [9.17, 15) is 26.7 Å². The van der Waals surface area contributed by atoms with Gasteiger partial charge >= 0.3 is 18.1 Å². The monoisotopic (exact) mass is 303 g/mol. The van der Waals surface area contributed by atoms with Crippen molar-refractivity contribution in [2.45, 2.75) is 25.4 Å². The highest BCUT2D eigenvalue weighted by Gasteiger charge is 2.46. The van der Waals surface area contributed by atoms with Gasteiger partial charge in [-0.05, 0) is 12.0 Å². The Morgan fingerprint density at radius 1 is 1.37 bits per heavy atom. The predicted molar refractivity (Wildman–Crippen MR) is 55.2 cm³/mol. The average Bonchev–Trinajstić information content (AvgIpc) is 2.26. The maximum absolute atomic E-state index is 13.3. The van der Waals surface area contributed by atoms with Crippen LogP contribution >= 0.6 is 11.6 Å².